The quantitative estimate of drug-likeness (QED) is 0.573. The molecule has 2 aromatic carbocycles. The minimum Gasteiger partial charge on any atom is -0.505 e. The number of phenolic OH excluding ortho intramolecular Hbond substituents is 1. The van der Waals surface area contributed by atoms with Gasteiger partial charge in [-0.3, -0.25) is 0 Å². The van der Waals surface area contributed by atoms with Crippen LogP contribution >= 0.6 is 0 Å². The summed E-state index contributed by atoms with van der Waals surface area (Å²) in [6.45, 7) is 9.46. The van der Waals surface area contributed by atoms with Crippen molar-refractivity contribution in [2.24, 2.45) is 0 Å². The fourth-order valence-electron chi connectivity index (χ4n) is 2.67. The summed E-state index contributed by atoms with van der Waals surface area (Å²) >= 11 is 0. The van der Waals surface area contributed by atoms with E-state index in [1.807, 2.05) is 51.1 Å². The van der Waals surface area contributed by atoms with Crippen molar-refractivity contribution in [2.45, 2.75) is 32.8 Å². The monoisotopic (exact) mass is 351 g/mol. The minimum atomic E-state index is -0.500. The summed E-state index contributed by atoms with van der Waals surface area (Å²) in [5.74, 6) is -0.392. The van der Waals surface area contributed by atoms with Crippen LogP contribution in [0.1, 0.15) is 31.9 Å². The van der Waals surface area contributed by atoms with Crippen LogP contribution in [0.2, 0.25) is 0 Å². The van der Waals surface area contributed by atoms with Gasteiger partial charge in [-0.25, -0.2) is 4.79 Å². The van der Waals surface area contributed by atoms with Gasteiger partial charge in [0.25, 0.3) is 0 Å². The molecule has 26 heavy (non-hydrogen) atoms. The number of ether oxygens (including phenoxy) is 1. The summed E-state index contributed by atoms with van der Waals surface area (Å²) in [6.07, 6.45) is 1.12. The molecule has 0 radical (unpaired) electrons. The van der Waals surface area contributed by atoms with Gasteiger partial charge in [0.2, 0.25) is 0 Å². The molecule has 0 aliphatic rings. The van der Waals surface area contributed by atoms with E-state index in [4.69, 9.17) is 4.74 Å². The van der Waals surface area contributed by atoms with Gasteiger partial charge in [-0.2, -0.15) is 0 Å². The van der Waals surface area contributed by atoms with Gasteiger partial charge in [0, 0.05) is 11.6 Å². The molecule has 0 aliphatic carbocycles. The highest BCUT2D eigenvalue weighted by Gasteiger charge is 2.23. The number of carbonyl (C=O) groups is 1. The van der Waals surface area contributed by atoms with E-state index in [1.165, 1.54) is 4.80 Å². The number of benzene rings is 2. The first-order valence-electron chi connectivity index (χ1n) is 8.27. The van der Waals surface area contributed by atoms with Crippen molar-refractivity contribution in [3.8, 4) is 11.4 Å². The predicted molar refractivity (Wildman–Crippen MR) is 99.2 cm³/mol. The Balaban J connectivity index is 2.12. The number of hydrogen-bond acceptors (Lipinski definition) is 5. The number of fused-ring (bicyclic) bond motifs is 1. The zero-order valence-electron chi connectivity index (χ0n) is 15.1. The van der Waals surface area contributed by atoms with Gasteiger partial charge in [0.15, 0.2) is 0 Å². The van der Waals surface area contributed by atoms with Crippen LogP contribution in [0.4, 0.5) is 0 Å². The Morgan fingerprint density at radius 1 is 1.23 bits per heavy atom. The van der Waals surface area contributed by atoms with Crippen LogP contribution in [-0.2, 0) is 21.6 Å². The van der Waals surface area contributed by atoms with Gasteiger partial charge >= 0.3 is 5.97 Å². The van der Waals surface area contributed by atoms with E-state index in [9.17, 15) is 9.90 Å². The van der Waals surface area contributed by atoms with Gasteiger partial charge in [-0.05, 0) is 35.2 Å². The van der Waals surface area contributed by atoms with Crippen LogP contribution in [0, 0.1) is 0 Å². The molecular formula is C20H21N3O3. The van der Waals surface area contributed by atoms with E-state index in [0.29, 0.717) is 5.69 Å². The van der Waals surface area contributed by atoms with E-state index < -0.39 is 5.97 Å². The fourth-order valence-corrected chi connectivity index (χ4v) is 2.67. The molecule has 0 unspecified atom stereocenters. The molecule has 134 valence electrons. The maximum absolute atomic E-state index is 11.4. The molecule has 6 heteroatoms. The lowest BCUT2D eigenvalue weighted by molar-refractivity contribution is -0.138. The number of hydrogen-bond donors (Lipinski definition) is 1. The van der Waals surface area contributed by atoms with Crippen molar-refractivity contribution in [2.75, 3.05) is 0 Å². The second-order valence-corrected chi connectivity index (χ2v) is 7.05. The summed E-state index contributed by atoms with van der Waals surface area (Å²) < 4.78 is 5.15. The smallest absolute Gasteiger partial charge is 0.330 e. The molecule has 0 spiro atoms. The molecule has 6 nitrogen and oxygen atoms in total. The minimum absolute atomic E-state index is 0.0714. The Morgan fingerprint density at radius 2 is 1.85 bits per heavy atom. The standard InChI is InChI=1S/C20H21N3O3/c1-5-18(24)26-12-13-10-14(20(2,3)4)19(25)17(11-13)23-21-15-8-6-7-9-16(15)22-23/h5-11,25H,1,12H2,2-4H3. The Bertz CT molecular complexity index is 951. The van der Waals surface area contributed by atoms with E-state index in [1.54, 1.807) is 6.07 Å². The first-order valence-corrected chi connectivity index (χ1v) is 8.27. The summed E-state index contributed by atoms with van der Waals surface area (Å²) in [7, 11) is 0. The average molecular weight is 351 g/mol. The predicted octanol–water partition coefficient (Wildman–Crippen LogP) is 3.65. The van der Waals surface area contributed by atoms with Crippen LogP contribution < -0.4 is 0 Å². The number of aromatic nitrogens is 3. The molecule has 0 atom stereocenters. The van der Waals surface area contributed by atoms with E-state index in [0.717, 1.165) is 28.2 Å². The van der Waals surface area contributed by atoms with E-state index >= 15 is 0 Å². The second-order valence-electron chi connectivity index (χ2n) is 7.05. The molecule has 1 heterocycles. The molecule has 1 aromatic heterocycles. The SMILES string of the molecule is C=CC(=O)OCc1cc(-n2nc3ccccc3n2)c(O)c(C(C)(C)C)c1. The molecule has 0 saturated heterocycles. The molecule has 1 N–H and O–H groups in total. The van der Waals surface area contributed by atoms with Crippen molar-refractivity contribution in [1.82, 2.24) is 15.0 Å². The number of aromatic hydroxyl groups is 1. The third-order valence-corrected chi connectivity index (χ3v) is 4.01. The van der Waals surface area contributed by atoms with Crippen molar-refractivity contribution in [3.63, 3.8) is 0 Å². The molecule has 0 saturated carbocycles. The van der Waals surface area contributed by atoms with Gasteiger partial charge in [0.1, 0.15) is 29.1 Å². The third-order valence-electron chi connectivity index (χ3n) is 4.01. The maximum atomic E-state index is 11.4. The molecule has 0 amide bonds. The number of carbonyl (C=O) groups excluding carboxylic acids is 1. The lowest BCUT2D eigenvalue weighted by atomic mass is 9.85. The molecular weight excluding hydrogens is 330 g/mol. The highest BCUT2D eigenvalue weighted by Crippen LogP contribution is 2.36. The zero-order chi connectivity index (χ0) is 18.9. The summed E-state index contributed by atoms with van der Waals surface area (Å²) in [5, 5.41) is 19.7. The van der Waals surface area contributed by atoms with Gasteiger partial charge < -0.3 is 9.84 Å². The number of nitrogens with zero attached hydrogens (tertiary/aromatic N) is 3. The van der Waals surface area contributed by atoms with Gasteiger partial charge in [0.05, 0.1) is 0 Å². The van der Waals surface area contributed by atoms with Crippen LogP contribution in [0.5, 0.6) is 5.75 Å². The molecule has 3 rings (SSSR count). The first kappa shape index (κ1) is 17.7. The van der Waals surface area contributed by atoms with Crippen LogP contribution in [0.15, 0.2) is 49.1 Å². The topological polar surface area (TPSA) is 77.2 Å². The number of rotatable bonds is 4. The van der Waals surface area contributed by atoms with E-state index in [-0.39, 0.29) is 17.8 Å². The number of phenols is 1. The van der Waals surface area contributed by atoms with Gasteiger partial charge in [-0.15, -0.1) is 15.0 Å². The Morgan fingerprint density at radius 3 is 2.38 bits per heavy atom. The van der Waals surface area contributed by atoms with Gasteiger partial charge in [-0.1, -0.05) is 39.5 Å². The summed E-state index contributed by atoms with van der Waals surface area (Å²) in [4.78, 5) is 12.8. The van der Waals surface area contributed by atoms with Crippen molar-refractivity contribution in [3.05, 3.63) is 60.2 Å². The Labute approximate surface area is 151 Å². The highest BCUT2D eigenvalue weighted by molar-refractivity contribution is 5.81. The van der Waals surface area contributed by atoms with Crippen LogP contribution in [-0.4, -0.2) is 26.1 Å². The van der Waals surface area contributed by atoms with Crippen molar-refractivity contribution >= 4 is 17.0 Å². The van der Waals surface area contributed by atoms with Crippen molar-refractivity contribution < 1.29 is 14.6 Å². The molecule has 0 fully saturated rings. The largest absolute Gasteiger partial charge is 0.505 e. The average Bonchev–Trinajstić information content (AvgIpc) is 3.03. The lowest BCUT2D eigenvalue weighted by Crippen LogP contribution is -2.14. The molecule has 3 aromatic rings. The van der Waals surface area contributed by atoms with E-state index in [2.05, 4.69) is 16.8 Å². The Hall–Kier alpha value is -3.15. The van der Waals surface area contributed by atoms with Crippen LogP contribution in [0.25, 0.3) is 16.7 Å². The number of esters is 1. The summed E-state index contributed by atoms with van der Waals surface area (Å²) in [6, 6.07) is 11.0. The lowest BCUT2D eigenvalue weighted by Gasteiger charge is -2.23. The second kappa shape index (κ2) is 6.63. The highest BCUT2D eigenvalue weighted by atomic mass is 16.5. The fraction of sp³-hybridized carbons (Fsp3) is 0.250. The Kier molecular flexibility index (Phi) is 4.50. The molecule has 0 bridgehead atoms. The van der Waals surface area contributed by atoms with Crippen molar-refractivity contribution in [1.29, 1.82) is 0 Å². The maximum Gasteiger partial charge on any atom is 0.330 e. The normalized spacial score (nSPS) is 11.5. The summed E-state index contributed by atoms with van der Waals surface area (Å²) in [5.41, 5.74) is 3.04. The molecule has 0 aliphatic heterocycles. The first-order chi connectivity index (χ1) is 12.3. The van der Waals surface area contributed by atoms with Crippen LogP contribution in [0.3, 0.4) is 0 Å². The third kappa shape index (κ3) is 3.44. The zero-order valence-corrected chi connectivity index (χ0v) is 15.1.